The second-order valence-electron chi connectivity index (χ2n) is 4.32. The molecule has 1 aromatic carbocycles. The lowest BCUT2D eigenvalue weighted by Gasteiger charge is -2.10. The largest absolute Gasteiger partial charge is 0.465 e. The van der Waals surface area contributed by atoms with E-state index in [0.717, 1.165) is 5.56 Å². The van der Waals surface area contributed by atoms with Crippen LogP contribution in [0.1, 0.15) is 21.6 Å². The van der Waals surface area contributed by atoms with Crippen molar-refractivity contribution in [2.45, 2.75) is 13.5 Å². The topological polar surface area (TPSA) is 51.2 Å². The molecule has 2 aromatic rings. The van der Waals surface area contributed by atoms with E-state index in [1.54, 1.807) is 18.2 Å². The van der Waals surface area contributed by atoms with Crippen LogP contribution < -0.4 is 5.32 Å². The molecule has 104 valence electrons. The summed E-state index contributed by atoms with van der Waals surface area (Å²) >= 11 is 0. The Morgan fingerprint density at radius 1 is 1.35 bits per heavy atom. The Morgan fingerprint density at radius 2 is 2.15 bits per heavy atom. The van der Waals surface area contributed by atoms with Crippen LogP contribution in [0.2, 0.25) is 0 Å². The molecule has 0 aliphatic rings. The summed E-state index contributed by atoms with van der Waals surface area (Å²) in [4.78, 5) is 15.4. The molecule has 0 amide bonds. The van der Waals surface area contributed by atoms with E-state index >= 15 is 0 Å². The molecule has 5 heteroatoms. The van der Waals surface area contributed by atoms with E-state index in [-0.39, 0.29) is 5.82 Å². The first-order valence-corrected chi connectivity index (χ1v) is 6.14. The highest BCUT2D eigenvalue weighted by atomic mass is 19.1. The summed E-state index contributed by atoms with van der Waals surface area (Å²) in [6.07, 6.45) is 1.44. The van der Waals surface area contributed by atoms with Gasteiger partial charge >= 0.3 is 5.97 Å². The fraction of sp³-hybridized carbons (Fsp3) is 0.200. The molecule has 0 fully saturated rings. The highest BCUT2D eigenvalue weighted by Crippen LogP contribution is 2.19. The average Bonchev–Trinajstić information content (AvgIpc) is 2.46. The van der Waals surface area contributed by atoms with Gasteiger partial charge in [0.25, 0.3) is 0 Å². The number of methoxy groups -OCH3 is 1. The van der Waals surface area contributed by atoms with E-state index in [0.29, 0.717) is 23.5 Å². The number of hydrogen-bond donors (Lipinski definition) is 1. The van der Waals surface area contributed by atoms with Gasteiger partial charge in [-0.3, -0.25) is 4.98 Å². The molecule has 0 unspecified atom stereocenters. The maximum Gasteiger partial charge on any atom is 0.339 e. The van der Waals surface area contributed by atoms with Gasteiger partial charge in [0, 0.05) is 6.20 Å². The Labute approximate surface area is 116 Å². The van der Waals surface area contributed by atoms with E-state index in [9.17, 15) is 9.18 Å². The Hall–Kier alpha value is -2.43. The first-order chi connectivity index (χ1) is 9.61. The second kappa shape index (κ2) is 6.14. The predicted molar refractivity (Wildman–Crippen MR) is 74.0 cm³/mol. The van der Waals surface area contributed by atoms with Gasteiger partial charge in [-0.05, 0) is 30.7 Å². The summed E-state index contributed by atoms with van der Waals surface area (Å²) in [5.41, 5.74) is 2.39. The van der Waals surface area contributed by atoms with Crippen LogP contribution in [0.15, 0.2) is 36.5 Å². The Balaban J connectivity index is 2.06. The number of nitrogens with one attached hydrogen (secondary N) is 1. The van der Waals surface area contributed by atoms with Crippen LogP contribution in [0.3, 0.4) is 0 Å². The van der Waals surface area contributed by atoms with Crippen LogP contribution in [0, 0.1) is 12.7 Å². The highest BCUT2D eigenvalue weighted by molar-refractivity contribution is 5.88. The molecule has 0 radical (unpaired) electrons. The first kappa shape index (κ1) is 14.0. The molecular weight excluding hydrogens is 259 g/mol. The number of benzene rings is 1. The number of rotatable bonds is 4. The molecular formula is C15H15FN2O2. The number of esters is 1. The molecule has 0 saturated heterocycles. The van der Waals surface area contributed by atoms with Gasteiger partial charge in [-0.15, -0.1) is 0 Å². The summed E-state index contributed by atoms with van der Waals surface area (Å²) in [6, 6.07) is 8.24. The summed E-state index contributed by atoms with van der Waals surface area (Å²) in [5, 5.41) is 3.01. The number of halogens is 1. The molecule has 0 bridgehead atoms. The van der Waals surface area contributed by atoms with Gasteiger partial charge in [0.05, 0.1) is 30.6 Å². The van der Waals surface area contributed by atoms with Crippen molar-refractivity contribution in [2.24, 2.45) is 0 Å². The number of nitrogens with zero attached hydrogens (tertiary/aromatic N) is 1. The van der Waals surface area contributed by atoms with Gasteiger partial charge in [0.2, 0.25) is 0 Å². The molecule has 20 heavy (non-hydrogen) atoms. The highest BCUT2D eigenvalue weighted by Gasteiger charge is 2.07. The first-order valence-electron chi connectivity index (χ1n) is 6.14. The third-order valence-electron chi connectivity index (χ3n) is 2.91. The van der Waals surface area contributed by atoms with Crippen LogP contribution in [0.5, 0.6) is 0 Å². The van der Waals surface area contributed by atoms with E-state index < -0.39 is 5.97 Å². The van der Waals surface area contributed by atoms with Crippen molar-refractivity contribution < 1.29 is 13.9 Å². The molecule has 1 aromatic heterocycles. The summed E-state index contributed by atoms with van der Waals surface area (Å²) in [5.74, 6) is -0.724. The molecule has 0 aliphatic heterocycles. The van der Waals surface area contributed by atoms with E-state index in [2.05, 4.69) is 15.0 Å². The smallest absolute Gasteiger partial charge is 0.339 e. The van der Waals surface area contributed by atoms with Crippen molar-refractivity contribution in [2.75, 3.05) is 12.4 Å². The lowest BCUT2D eigenvalue weighted by Crippen LogP contribution is -2.07. The Kier molecular flexibility index (Phi) is 4.30. The van der Waals surface area contributed by atoms with Crippen LogP contribution >= 0.6 is 0 Å². The lowest BCUT2D eigenvalue weighted by atomic mass is 10.2. The molecule has 0 spiro atoms. The maximum absolute atomic E-state index is 13.6. The zero-order valence-corrected chi connectivity index (χ0v) is 11.3. The molecule has 0 saturated carbocycles. The quantitative estimate of drug-likeness (QED) is 0.871. The van der Waals surface area contributed by atoms with Crippen molar-refractivity contribution in [1.29, 1.82) is 0 Å². The minimum Gasteiger partial charge on any atom is -0.465 e. The number of pyridine rings is 1. The van der Waals surface area contributed by atoms with Gasteiger partial charge in [-0.25, -0.2) is 9.18 Å². The normalized spacial score (nSPS) is 10.2. The van der Waals surface area contributed by atoms with Crippen LogP contribution in [0.4, 0.5) is 10.1 Å². The van der Waals surface area contributed by atoms with E-state index in [4.69, 9.17) is 0 Å². The van der Waals surface area contributed by atoms with Crippen molar-refractivity contribution in [3.05, 3.63) is 59.2 Å². The number of carbonyl (C=O) groups is 1. The van der Waals surface area contributed by atoms with Gasteiger partial charge < -0.3 is 10.1 Å². The lowest BCUT2D eigenvalue weighted by molar-refractivity contribution is 0.0600. The standard InChI is InChI=1S/C15H15FN2O2/c1-10-4-3-5-13(16)14(10)18-9-12-7-6-11(8-17-12)15(19)20-2/h3-8,18H,9H2,1-2H3. The number of carbonyl (C=O) groups excluding carboxylic acids is 1. The summed E-state index contributed by atoms with van der Waals surface area (Å²) in [7, 11) is 1.32. The number of anilines is 1. The molecule has 1 N–H and O–H groups in total. The number of ether oxygens (including phenoxy) is 1. The number of para-hydroxylation sites is 1. The fourth-order valence-corrected chi connectivity index (χ4v) is 1.80. The van der Waals surface area contributed by atoms with Crippen molar-refractivity contribution in [1.82, 2.24) is 4.98 Å². The third-order valence-corrected chi connectivity index (χ3v) is 2.91. The maximum atomic E-state index is 13.6. The molecule has 1 heterocycles. The van der Waals surface area contributed by atoms with Gasteiger partial charge in [0.1, 0.15) is 5.82 Å². The van der Waals surface area contributed by atoms with Gasteiger partial charge in [-0.2, -0.15) is 0 Å². The zero-order valence-electron chi connectivity index (χ0n) is 11.3. The van der Waals surface area contributed by atoms with Crippen molar-refractivity contribution in [3.63, 3.8) is 0 Å². The summed E-state index contributed by atoms with van der Waals surface area (Å²) in [6.45, 7) is 2.21. The minimum absolute atomic E-state index is 0.295. The monoisotopic (exact) mass is 274 g/mol. The SMILES string of the molecule is COC(=O)c1ccc(CNc2c(C)cccc2F)nc1. The number of hydrogen-bond acceptors (Lipinski definition) is 4. The van der Waals surface area contributed by atoms with E-state index in [1.165, 1.54) is 19.4 Å². The number of aryl methyl sites for hydroxylation is 1. The van der Waals surface area contributed by atoms with E-state index in [1.807, 2.05) is 13.0 Å². The second-order valence-corrected chi connectivity index (χ2v) is 4.32. The van der Waals surface area contributed by atoms with Crippen LogP contribution in [0.25, 0.3) is 0 Å². The average molecular weight is 274 g/mol. The van der Waals surface area contributed by atoms with Crippen LogP contribution in [-0.4, -0.2) is 18.1 Å². The predicted octanol–water partition coefficient (Wildman–Crippen LogP) is 2.93. The molecule has 4 nitrogen and oxygen atoms in total. The minimum atomic E-state index is -0.429. The molecule has 0 aliphatic carbocycles. The molecule has 0 atom stereocenters. The van der Waals surface area contributed by atoms with Gasteiger partial charge in [0.15, 0.2) is 0 Å². The Morgan fingerprint density at radius 3 is 2.75 bits per heavy atom. The van der Waals surface area contributed by atoms with Crippen molar-refractivity contribution >= 4 is 11.7 Å². The number of aromatic nitrogens is 1. The summed E-state index contributed by atoms with van der Waals surface area (Å²) < 4.78 is 18.2. The fourth-order valence-electron chi connectivity index (χ4n) is 1.80. The molecule has 2 rings (SSSR count). The third kappa shape index (κ3) is 3.12. The van der Waals surface area contributed by atoms with Crippen LogP contribution in [-0.2, 0) is 11.3 Å². The van der Waals surface area contributed by atoms with Gasteiger partial charge in [-0.1, -0.05) is 12.1 Å². The van der Waals surface area contributed by atoms with Crippen molar-refractivity contribution in [3.8, 4) is 0 Å². The Bertz CT molecular complexity index is 592. The zero-order chi connectivity index (χ0) is 14.5.